The van der Waals surface area contributed by atoms with Crippen LogP contribution in [0.25, 0.3) is 0 Å². The Morgan fingerprint density at radius 2 is 1.86 bits per heavy atom. The lowest BCUT2D eigenvalue weighted by atomic mass is 9.61. The number of carbonyl (C=O) groups excluding carboxylic acids is 1. The number of ether oxygens (including phenoxy) is 1. The molecule has 0 radical (unpaired) electrons. The molecule has 156 valence electrons. The molecule has 6 nitrogen and oxygen atoms in total. The minimum absolute atomic E-state index is 0.0398. The van der Waals surface area contributed by atoms with Crippen LogP contribution in [0.15, 0.2) is 27.6 Å². The van der Waals surface area contributed by atoms with E-state index in [4.69, 9.17) is 4.74 Å². The van der Waals surface area contributed by atoms with Crippen LogP contribution >= 0.6 is 15.9 Å². The van der Waals surface area contributed by atoms with Crippen LogP contribution in [0, 0.1) is 12.3 Å². The Morgan fingerprint density at radius 3 is 2.39 bits per heavy atom. The van der Waals surface area contributed by atoms with Crippen molar-refractivity contribution in [1.82, 2.24) is 9.62 Å². The number of piperidine rings is 1. The van der Waals surface area contributed by atoms with Gasteiger partial charge in [-0.15, -0.1) is 0 Å². The number of nitrogens with zero attached hydrogens (tertiary/aromatic N) is 1. The summed E-state index contributed by atoms with van der Waals surface area (Å²) >= 11 is 3.40. The van der Waals surface area contributed by atoms with Gasteiger partial charge in [0.15, 0.2) is 0 Å². The maximum Gasteiger partial charge on any atom is 0.410 e. The van der Waals surface area contributed by atoms with Crippen molar-refractivity contribution < 1.29 is 17.9 Å². The average molecular weight is 473 g/mol. The highest BCUT2D eigenvalue weighted by Gasteiger charge is 2.47. The molecule has 28 heavy (non-hydrogen) atoms. The van der Waals surface area contributed by atoms with Crippen LogP contribution in [0.4, 0.5) is 4.79 Å². The van der Waals surface area contributed by atoms with Crippen molar-refractivity contribution in [2.24, 2.45) is 5.41 Å². The lowest BCUT2D eigenvalue weighted by molar-refractivity contribution is -0.0129. The molecule has 0 bridgehead atoms. The lowest BCUT2D eigenvalue weighted by Gasteiger charge is -2.52. The van der Waals surface area contributed by atoms with E-state index < -0.39 is 15.6 Å². The van der Waals surface area contributed by atoms with Crippen LogP contribution in [-0.2, 0) is 14.8 Å². The van der Waals surface area contributed by atoms with E-state index in [0.29, 0.717) is 18.0 Å². The van der Waals surface area contributed by atoms with Crippen LogP contribution in [0.1, 0.15) is 52.0 Å². The average Bonchev–Trinajstić information content (AvgIpc) is 2.54. The minimum atomic E-state index is -3.51. The molecule has 1 aromatic rings. The maximum atomic E-state index is 12.6. The van der Waals surface area contributed by atoms with Crippen molar-refractivity contribution in [1.29, 1.82) is 0 Å². The Kier molecular flexibility index (Phi) is 5.87. The molecule has 2 aliphatic rings. The number of nitrogens with one attached hydrogen (secondary N) is 1. The van der Waals surface area contributed by atoms with E-state index in [2.05, 4.69) is 20.7 Å². The van der Waals surface area contributed by atoms with Gasteiger partial charge in [0.1, 0.15) is 5.60 Å². The summed E-state index contributed by atoms with van der Waals surface area (Å²) in [6.45, 7) is 8.81. The summed E-state index contributed by atoms with van der Waals surface area (Å²) in [5, 5.41) is 0. The smallest absolute Gasteiger partial charge is 0.410 e. The molecule has 1 aliphatic carbocycles. The van der Waals surface area contributed by atoms with Gasteiger partial charge in [-0.3, -0.25) is 0 Å². The Labute approximate surface area is 176 Å². The van der Waals surface area contributed by atoms with E-state index in [1.165, 1.54) is 0 Å². The van der Waals surface area contributed by atoms with Gasteiger partial charge < -0.3 is 9.64 Å². The van der Waals surface area contributed by atoms with Gasteiger partial charge in [0.2, 0.25) is 10.0 Å². The Hall–Kier alpha value is -1.12. The molecule has 1 N–H and O–H groups in total. The SMILES string of the molecule is Cc1cc(S(=O)(=O)NC2CC3(CCN(C(=O)OC(C)(C)C)CC3)C2)ccc1Br. The maximum absolute atomic E-state index is 12.6. The number of likely N-dealkylation sites (tertiary alicyclic amines) is 1. The van der Waals surface area contributed by atoms with Crippen molar-refractivity contribution in [3.8, 4) is 0 Å². The Balaban J connectivity index is 1.52. The highest BCUT2D eigenvalue weighted by atomic mass is 79.9. The molecule has 1 heterocycles. The molecular weight excluding hydrogens is 444 g/mol. The number of amides is 1. The lowest BCUT2D eigenvalue weighted by Crippen LogP contribution is -2.55. The zero-order valence-electron chi connectivity index (χ0n) is 16.9. The second kappa shape index (κ2) is 7.61. The predicted octanol–water partition coefficient (Wildman–Crippen LogP) is 4.22. The number of benzene rings is 1. The first-order chi connectivity index (χ1) is 12.9. The van der Waals surface area contributed by atoms with Crippen LogP contribution < -0.4 is 4.72 Å². The summed E-state index contributed by atoms with van der Waals surface area (Å²) in [5.41, 5.74) is 0.543. The molecule has 2 fully saturated rings. The van der Waals surface area contributed by atoms with Crippen molar-refractivity contribution in [3.05, 3.63) is 28.2 Å². The normalized spacial score (nSPS) is 20.1. The second-order valence-electron chi connectivity index (χ2n) is 9.10. The molecule has 0 atom stereocenters. The largest absolute Gasteiger partial charge is 0.444 e. The number of hydrogen-bond acceptors (Lipinski definition) is 4. The summed E-state index contributed by atoms with van der Waals surface area (Å²) in [5.74, 6) is 0. The third-order valence-corrected chi connectivity index (χ3v) is 8.00. The zero-order valence-corrected chi connectivity index (χ0v) is 19.3. The zero-order chi connectivity index (χ0) is 20.7. The minimum Gasteiger partial charge on any atom is -0.444 e. The van der Waals surface area contributed by atoms with E-state index in [-0.39, 0.29) is 17.6 Å². The number of hydrogen-bond donors (Lipinski definition) is 1. The standard InChI is InChI=1S/C20H29BrN2O4S/c1-14-11-16(5-6-17(14)21)28(25,26)22-15-12-20(13-15)7-9-23(10-8-20)18(24)27-19(2,3)4/h5-6,11,15,22H,7-10,12-13H2,1-4H3. The van der Waals surface area contributed by atoms with E-state index in [9.17, 15) is 13.2 Å². The molecule has 1 saturated carbocycles. The van der Waals surface area contributed by atoms with Crippen LogP contribution in [0.2, 0.25) is 0 Å². The molecule has 1 aromatic carbocycles. The third-order valence-electron chi connectivity index (χ3n) is 5.60. The molecule has 0 unspecified atom stereocenters. The van der Waals surface area contributed by atoms with Crippen molar-refractivity contribution in [3.63, 3.8) is 0 Å². The summed E-state index contributed by atoms with van der Waals surface area (Å²) in [4.78, 5) is 14.3. The van der Waals surface area contributed by atoms with E-state index in [1.807, 2.05) is 27.7 Å². The summed E-state index contributed by atoms with van der Waals surface area (Å²) in [6, 6.07) is 5.02. The van der Waals surface area contributed by atoms with Gasteiger partial charge in [-0.05, 0) is 82.6 Å². The number of sulfonamides is 1. The third kappa shape index (κ3) is 4.89. The van der Waals surface area contributed by atoms with Gasteiger partial charge in [-0.25, -0.2) is 17.9 Å². The van der Waals surface area contributed by atoms with Gasteiger partial charge in [-0.1, -0.05) is 15.9 Å². The first-order valence-corrected chi connectivity index (χ1v) is 11.9. The van der Waals surface area contributed by atoms with Crippen molar-refractivity contribution >= 4 is 32.0 Å². The van der Waals surface area contributed by atoms with E-state index in [1.54, 1.807) is 23.1 Å². The van der Waals surface area contributed by atoms with E-state index in [0.717, 1.165) is 35.7 Å². The molecule has 1 spiro atoms. The summed E-state index contributed by atoms with van der Waals surface area (Å²) < 4.78 is 34.5. The van der Waals surface area contributed by atoms with Crippen LogP contribution in [-0.4, -0.2) is 44.1 Å². The topological polar surface area (TPSA) is 75.7 Å². The molecular formula is C20H29BrN2O4S. The molecule has 3 rings (SSSR count). The quantitative estimate of drug-likeness (QED) is 0.714. The predicted molar refractivity (Wildman–Crippen MR) is 112 cm³/mol. The molecule has 0 aromatic heterocycles. The molecule has 8 heteroatoms. The number of rotatable bonds is 3. The highest BCUT2D eigenvalue weighted by molar-refractivity contribution is 9.10. The highest BCUT2D eigenvalue weighted by Crippen LogP contribution is 2.49. The van der Waals surface area contributed by atoms with Gasteiger partial charge in [0.05, 0.1) is 4.90 Å². The van der Waals surface area contributed by atoms with Gasteiger partial charge in [0, 0.05) is 23.6 Å². The summed E-state index contributed by atoms with van der Waals surface area (Å²) in [7, 11) is -3.51. The monoisotopic (exact) mass is 472 g/mol. The van der Waals surface area contributed by atoms with Gasteiger partial charge in [-0.2, -0.15) is 0 Å². The van der Waals surface area contributed by atoms with Crippen molar-refractivity contribution in [2.45, 2.75) is 69.9 Å². The van der Waals surface area contributed by atoms with Crippen molar-refractivity contribution in [2.75, 3.05) is 13.1 Å². The van der Waals surface area contributed by atoms with Crippen LogP contribution in [0.5, 0.6) is 0 Å². The summed E-state index contributed by atoms with van der Waals surface area (Å²) in [6.07, 6.45) is 3.17. The molecule has 1 aliphatic heterocycles. The molecule has 1 amide bonds. The fraction of sp³-hybridized carbons (Fsp3) is 0.650. The number of carbonyl (C=O) groups is 1. The number of aryl methyl sites for hydroxylation is 1. The second-order valence-corrected chi connectivity index (χ2v) is 11.7. The van der Waals surface area contributed by atoms with Gasteiger partial charge in [0.25, 0.3) is 0 Å². The van der Waals surface area contributed by atoms with Gasteiger partial charge >= 0.3 is 6.09 Å². The van der Waals surface area contributed by atoms with E-state index >= 15 is 0 Å². The molecule has 1 saturated heterocycles. The first-order valence-electron chi connectivity index (χ1n) is 9.66. The van der Waals surface area contributed by atoms with Crippen LogP contribution in [0.3, 0.4) is 0 Å². The fourth-order valence-electron chi connectivity index (χ4n) is 4.04. The Bertz CT molecular complexity index is 847. The number of halogens is 1. The Morgan fingerprint density at radius 1 is 1.25 bits per heavy atom. The first kappa shape index (κ1) is 21.6. The fourth-order valence-corrected chi connectivity index (χ4v) is 5.61.